The maximum Gasteiger partial charge on any atom is 0.405 e. The molecule has 1 aromatic carbocycles. The normalized spacial score (nSPS) is 11.5. The molecule has 0 saturated carbocycles. The lowest BCUT2D eigenvalue weighted by molar-refractivity contribution is -0.123. The molecule has 0 aliphatic rings. The van der Waals surface area contributed by atoms with Crippen molar-refractivity contribution in [3.8, 4) is 0 Å². The monoisotopic (exact) mass is 314 g/mol. The number of hydrogen-bond acceptors (Lipinski definition) is 3. The minimum absolute atomic E-state index is 0.121. The first-order valence-electron chi connectivity index (χ1n) is 6.30. The molecule has 2 rings (SSSR count). The molecular formula is C13H13F3N4O2. The molecule has 6 nitrogen and oxygen atoms in total. The van der Waals surface area contributed by atoms with Gasteiger partial charge in [0.25, 0.3) is 5.56 Å². The number of benzene rings is 1. The summed E-state index contributed by atoms with van der Waals surface area (Å²) in [6, 6.07) is 5.73. The van der Waals surface area contributed by atoms with Gasteiger partial charge in [0, 0.05) is 7.05 Å². The van der Waals surface area contributed by atoms with Crippen molar-refractivity contribution in [2.24, 2.45) is 0 Å². The lowest BCUT2D eigenvalue weighted by Gasteiger charge is -2.18. The Labute approximate surface area is 123 Å². The third kappa shape index (κ3) is 3.96. The lowest BCUT2D eigenvalue weighted by Crippen LogP contribution is -2.41. The molecule has 1 heterocycles. The van der Waals surface area contributed by atoms with Crippen molar-refractivity contribution in [3.63, 3.8) is 0 Å². The van der Waals surface area contributed by atoms with Crippen LogP contribution in [-0.4, -0.2) is 40.7 Å². The van der Waals surface area contributed by atoms with Gasteiger partial charge < -0.3 is 15.2 Å². The van der Waals surface area contributed by atoms with E-state index in [1.165, 1.54) is 7.05 Å². The molecule has 1 aromatic heterocycles. The zero-order chi connectivity index (χ0) is 16.3. The fourth-order valence-corrected chi connectivity index (χ4v) is 1.82. The van der Waals surface area contributed by atoms with Gasteiger partial charge in [-0.1, -0.05) is 12.1 Å². The molecule has 0 saturated heterocycles. The number of alkyl halides is 3. The van der Waals surface area contributed by atoms with Gasteiger partial charge in [0.1, 0.15) is 12.4 Å². The molecule has 0 radical (unpaired) electrons. The molecule has 2 amide bonds. The second-order valence-corrected chi connectivity index (χ2v) is 4.66. The maximum atomic E-state index is 12.0. The van der Waals surface area contributed by atoms with E-state index < -0.39 is 18.8 Å². The average molecular weight is 314 g/mol. The summed E-state index contributed by atoms with van der Waals surface area (Å²) in [5.41, 5.74) is 0.0787. The smallest absolute Gasteiger partial charge is 0.329 e. The summed E-state index contributed by atoms with van der Waals surface area (Å²) in [4.78, 5) is 31.0. The second-order valence-electron chi connectivity index (χ2n) is 4.66. The van der Waals surface area contributed by atoms with Crippen molar-refractivity contribution in [1.29, 1.82) is 0 Å². The molecule has 118 valence electrons. The Kier molecular flexibility index (Phi) is 4.34. The number of aromatic amines is 1. The van der Waals surface area contributed by atoms with Gasteiger partial charge in [0.05, 0.1) is 17.4 Å². The lowest BCUT2D eigenvalue weighted by atomic mass is 10.2. The molecule has 2 N–H and O–H groups in total. The SMILES string of the molecule is CN(Cc1nc2ccccc2c(=O)[nH]1)C(=O)NCC(F)(F)F. The number of H-pyrrole nitrogens is 1. The molecule has 0 fully saturated rings. The third-order valence-corrected chi connectivity index (χ3v) is 2.84. The summed E-state index contributed by atoms with van der Waals surface area (Å²) in [5, 5.41) is 2.14. The largest absolute Gasteiger partial charge is 0.405 e. The summed E-state index contributed by atoms with van der Waals surface area (Å²) in [5.74, 6) is 0.188. The molecule has 0 aliphatic heterocycles. The number of carbonyl (C=O) groups is 1. The summed E-state index contributed by atoms with van der Waals surface area (Å²) in [7, 11) is 1.31. The number of hydrogen-bond donors (Lipinski definition) is 2. The second kappa shape index (κ2) is 6.04. The number of rotatable bonds is 3. The van der Waals surface area contributed by atoms with Crippen LogP contribution >= 0.6 is 0 Å². The van der Waals surface area contributed by atoms with Crippen LogP contribution in [0.5, 0.6) is 0 Å². The number of urea groups is 1. The minimum atomic E-state index is -4.48. The fourth-order valence-electron chi connectivity index (χ4n) is 1.82. The van der Waals surface area contributed by atoms with E-state index in [2.05, 4.69) is 9.97 Å². The van der Waals surface area contributed by atoms with Gasteiger partial charge in [0.15, 0.2) is 0 Å². The number of nitrogens with zero attached hydrogens (tertiary/aromatic N) is 2. The van der Waals surface area contributed by atoms with E-state index in [4.69, 9.17) is 0 Å². The maximum absolute atomic E-state index is 12.0. The molecule has 0 unspecified atom stereocenters. The molecule has 0 spiro atoms. The van der Waals surface area contributed by atoms with Crippen LogP contribution in [-0.2, 0) is 6.54 Å². The Bertz CT molecular complexity index is 742. The predicted octanol–water partition coefficient (Wildman–Crippen LogP) is 1.63. The average Bonchev–Trinajstić information content (AvgIpc) is 2.44. The van der Waals surface area contributed by atoms with Crippen LogP contribution < -0.4 is 10.9 Å². The number of nitrogens with one attached hydrogen (secondary N) is 2. The Hall–Kier alpha value is -2.58. The molecule has 2 aromatic rings. The number of para-hydroxylation sites is 1. The highest BCUT2D eigenvalue weighted by Crippen LogP contribution is 2.12. The van der Waals surface area contributed by atoms with Gasteiger partial charge in [-0.3, -0.25) is 4.79 Å². The first kappa shape index (κ1) is 15.8. The van der Waals surface area contributed by atoms with E-state index in [-0.39, 0.29) is 17.9 Å². The van der Waals surface area contributed by atoms with E-state index in [1.807, 2.05) is 0 Å². The zero-order valence-corrected chi connectivity index (χ0v) is 11.6. The highest BCUT2D eigenvalue weighted by molar-refractivity contribution is 5.77. The predicted molar refractivity (Wildman–Crippen MR) is 73.3 cm³/mol. The third-order valence-electron chi connectivity index (χ3n) is 2.84. The quantitative estimate of drug-likeness (QED) is 0.904. The van der Waals surface area contributed by atoms with Gasteiger partial charge in [0.2, 0.25) is 0 Å². The number of fused-ring (bicyclic) bond motifs is 1. The van der Waals surface area contributed by atoms with Crippen LogP contribution in [0.1, 0.15) is 5.82 Å². The van der Waals surface area contributed by atoms with E-state index in [0.717, 1.165) is 4.90 Å². The van der Waals surface area contributed by atoms with Crippen LogP contribution in [0.4, 0.5) is 18.0 Å². The van der Waals surface area contributed by atoms with E-state index in [0.29, 0.717) is 10.9 Å². The van der Waals surface area contributed by atoms with Gasteiger partial charge in [-0.2, -0.15) is 13.2 Å². The number of carbonyl (C=O) groups excluding carboxylic acids is 1. The number of aromatic nitrogens is 2. The minimum Gasteiger partial charge on any atom is -0.329 e. The first-order chi connectivity index (χ1) is 10.3. The summed E-state index contributed by atoms with van der Waals surface area (Å²) < 4.78 is 36.1. The molecule has 0 bridgehead atoms. The van der Waals surface area contributed by atoms with Gasteiger partial charge in [-0.25, -0.2) is 9.78 Å². The van der Waals surface area contributed by atoms with E-state index in [1.54, 1.807) is 29.6 Å². The van der Waals surface area contributed by atoms with Crippen LogP contribution in [0.3, 0.4) is 0 Å². The van der Waals surface area contributed by atoms with Crippen LogP contribution in [0.15, 0.2) is 29.1 Å². The van der Waals surface area contributed by atoms with Crippen molar-refractivity contribution < 1.29 is 18.0 Å². The van der Waals surface area contributed by atoms with E-state index >= 15 is 0 Å². The van der Waals surface area contributed by atoms with E-state index in [9.17, 15) is 22.8 Å². The summed E-state index contributed by atoms with van der Waals surface area (Å²) in [6.45, 7) is -1.54. The molecular weight excluding hydrogens is 301 g/mol. The van der Waals surface area contributed by atoms with Gasteiger partial charge in [-0.05, 0) is 12.1 Å². The number of halogens is 3. The van der Waals surface area contributed by atoms with Crippen molar-refractivity contribution in [1.82, 2.24) is 20.2 Å². The molecule has 22 heavy (non-hydrogen) atoms. The Morgan fingerprint density at radius 1 is 1.36 bits per heavy atom. The molecule has 9 heteroatoms. The summed E-state index contributed by atoms with van der Waals surface area (Å²) in [6.07, 6.45) is -4.48. The Balaban J connectivity index is 2.10. The Morgan fingerprint density at radius 2 is 2.05 bits per heavy atom. The molecule has 0 atom stereocenters. The standard InChI is InChI=1S/C13H13F3N4O2/c1-20(12(22)17-7-13(14,15)16)6-10-18-9-5-3-2-4-8(9)11(21)19-10/h2-5H,6-7H2,1H3,(H,17,22)(H,18,19,21). The van der Waals surface area contributed by atoms with Gasteiger partial charge in [-0.15, -0.1) is 0 Å². The van der Waals surface area contributed by atoms with Crippen LogP contribution in [0, 0.1) is 0 Å². The van der Waals surface area contributed by atoms with Crippen LogP contribution in [0.25, 0.3) is 10.9 Å². The van der Waals surface area contributed by atoms with Crippen molar-refractivity contribution in [2.45, 2.75) is 12.7 Å². The highest BCUT2D eigenvalue weighted by Gasteiger charge is 2.28. The topological polar surface area (TPSA) is 78.1 Å². The van der Waals surface area contributed by atoms with Crippen molar-refractivity contribution in [2.75, 3.05) is 13.6 Å². The summed E-state index contributed by atoms with van der Waals surface area (Å²) >= 11 is 0. The van der Waals surface area contributed by atoms with Crippen molar-refractivity contribution in [3.05, 3.63) is 40.4 Å². The van der Waals surface area contributed by atoms with Gasteiger partial charge >= 0.3 is 12.2 Å². The Morgan fingerprint density at radius 3 is 2.73 bits per heavy atom. The highest BCUT2D eigenvalue weighted by atomic mass is 19.4. The number of amides is 2. The zero-order valence-electron chi connectivity index (χ0n) is 11.6. The van der Waals surface area contributed by atoms with Crippen molar-refractivity contribution >= 4 is 16.9 Å². The fraction of sp³-hybridized carbons (Fsp3) is 0.308. The first-order valence-corrected chi connectivity index (χ1v) is 6.30. The molecule has 0 aliphatic carbocycles. The van der Waals surface area contributed by atoms with Crippen LogP contribution in [0.2, 0.25) is 0 Å².